The normalized spacial score (nSPS) is 12.4. The van der Waals surface area contributed by atoms with Crippen molar-refractivity contribution in [2.45, 2.75) is 25.8 Å². The predicted molar refractivity (Wildman–Crippen MR) is 80.2 cm³/mol. The van der Waals surface area contributed by atoms with Gasteiger partial charge in [0.1, 0.15) is 23.2 Å². The number of anilines is 1. The number of carbonyl (C=O) groups excluding carboxylic acids is 1. The third-order valence-corrected chi connectivity index (χ3v) is 3.43. The second kappa shape index (κ2) is 7.37. The number of aromatic hydroxyl groups is 1. The summed E-state index contributed by atoms with van der Waals surface area (Å²) in [6.07, 6.45) is -6.24. The summed E-state index contributed by atoms with van der Waals surface area (Å²) in [7, 11) is 0. The Kier molecular flexibility index (Phi) is 5.43. The van der Waals surface area contributed by atoms with Crippen molar-refractivity contribution >= 4 is 17.3 Å². The minimum Gasteiger partial charge on any atom is -0.506 e. The van der Waals surface area contributed by atoms with Crippen molar-refractivity contribution in [2.24, 2.45) is 0 Å². The zero-order chi connectivity index (χ0) is 19.6. The van der Waals surface area contributed by atoms with Gasteiger partial charge in [0.05, 0.1) is 16.7 Å². The first-order chi connectivity index (χ1) is 12.1. The predicted octanol–water partition coefficient (Wildman–Crippen LogP) is 3.57. The van der Waals surface area contributed by atoms with Gasteiger partial charge in [0.25, 0.3) is 18.5 Å². The van der Waals surface area contributed by atoms with E-state index in [1.165, 1.54) is 0 Å². The van der Waals surface area contributed by atoms with Crippen LogP contribution in [0.1, 0.15) is 37.2 Å². The Hall–Kier alpha value is -3.18. The Labute approximate surface area is 143 Å². The molecule has 0 fully saturated rings. The number of non-ortho nitro benzene ring substituents is 1. The quantitative estimate of drug-likeness (QED) is 0.347. The highest BCUT2D eigenvalue weighted by molar-refractivity contribution is 5.94. The number of hydrogen-bond donors (Lipinski definition) is 2. The molecule has 0 aliphatic carbocycles. The summed E-state index contributed by atoms with van der Waals surface area (Å²) >= 11 is 0. The van der Waals surface area contributed by atoms with Gasteiger partial charge < -0.3 is 10.4 Å². The monoisotopic (exact) mass is 376 g/mol. The summed E-state index contributed by atoms with van der Waals surface area (Å²) in [4.78, 5) is 22.0. The van der Waals surface area contributed by atoms with Gasteiger partial charge in [-0.15, -0.1) is 0 Å². The molecule has 2 rings (SSSR count). The summed E-state index contributed by atoms with van der Waals surface area (Å²) in [5.41, 5.74) is -2.41. The van der Waals surface area contributed by atoms with Crippen molar-refractivity contribution in [3.05, 3.63) is 45.8 Å². The summed E-state index contributed by atoms with van der Waals surface area (Å²) in [6, 6.07) is 1.92. The number of nitrogens with one attached hydrogen (secondary N) is 1. The third kappa shape index (κ3) is 3.90. The number of phenols is 1. The maximum absolute atomic E-state index is 13.0. The molecule has 1 heterocycles. The van der Waals surface area contributed by atoms with E-state index in [-0.39, 0.29) is 5.69 Å². The lowest BCUT2D eigenvalue weighted by Gasteiger charge is -2.16. The van der Waals surface area contributed by atoms with Crippen LogP contribution in [0.25, 0.3) is 0 Å². The Morgan fingerprint density at radius 3 is 2.42 bits per heavy atom. The van der Waals surface area contributed by atoms with E-state index in [0.717, 1.165) is 25.1 Å². The highest BCUT2D eigenvalue weighted by atomic mass is 19.3. The van der Waals surface area contributed by atoms with E-state index < -0.39 is 52.5 Å². The van der Waals surface area contributed by atoms with Crippen LogP contribution in [-0.2, 0) is 4.79 Å². The number of alkyl halides is 4. The van der Waals surface area contributed by atoms with E-state index in [0.29, 0.717) is 10.7 Å². The van der Waals surface area contributed by atoms with Crippen LogP contribution in [0.4, 0.5) is 28.9 Å². The minimum absolute atomic E-state index is 0.215. The van der Waals surface area contributed by atoms with Crippen LogP contribution in [0.2, 0.25) is 0 Å². The minimum atomic E-state index is -3.14. The van der Waals surface area contributed by atoms with Crippen LogP contribution < -0.4 is 5.32 Å². The standard InChI is InChI=1S/C14H12F4N4O4/c1-6(21-10(13(17)18)5-9(20-21)12(15)16)14(24)19-8-3-2-7(22(25)26)4-11(8)23/h2-6,12-13,23H,1H3,(H,19,24). The number of aromatic nitrogens is 2. The number of phenolic OH excluding ortho intramolecular Hbond substituents is 1. The van der Waals surface area contributed by atoms with Gasteiger partial charge in [-0.05, 0) is 19.1 Å². The Morgan fingerprint density at radius 1 is 1.27 bits per heavy atom. The average Bonchev–Trinajstić information content (AvgIpc) is 3.01. The molecule has 12 heteroatoms. The van der Waals surface area contributed by atoms with Crippen molar-refractivity contribution in [1.82, 2.24) is 9.78 Å². The number of nitro groups is 1. The molecule has 0 saturated heterocycles. The van der Waals surface area contributed by atoms with Gasteiger partial charge in [-0.1, -0.05) is 0 Å². The van der Waals surface area contributed by atoms with Crippen molar-refractivity contribution in [3.63, 3.8) is 0 Å². The second-order valence-electron chi connectivity index (χ2n) is 5.16. The summed E-state index contributed by atoms with van der Waals surface area (Å²) in [5, 5.41) is 25.8. The van der Waals surface area contributed by atoms with Gasteiger partial charge in [-0.2, -0.15) is 5.10 Å². The summed E-state index contributed by atoms with van der Waals surface area (Å²) in [6.45, 7) is 1.14. The molecule has 0 radical (unpaired) electrons. The van der Waals surface area contributed by atoms with Crippen LogP contribution in [0.3, 0.4) is 0 Å². The molecular formula is C14H12F4N4O4. The van der Waals surface area contributed by atoms with E-state index in [1.54, 1.807) is 0 Å². The molecule has 1 unspecified atom stereocenters. The van der Waals surface area contributed by atoms with Gasteiger partial charge in [-0.25, -0.2) is 17.6 Å². The molecule has 1 aromatic heterocycles. The van der Waals surface area contributed by atoms with Crippen molar-refractivity contribution in [1.29, 1.82) is 0 Å². The van der Waals surface area contributed by atoms with Gasteiger partial charge in [0, 0.05) is 6.07 Å². The highest BCUT2D eigenvalue weighted by Crippen LogP contribution is 2.30. The smallest absolute Gasteiger partial charge is 0.282 e. The lowest BCUT2D eigenvalue weighted by molar-refractivity contribution is -0.384. The molecule has 1 aromatic carbocycles. The van der Waals surface area contributed by atoms with E-state index in [4.69, 9.17) is 0 Å². The van der Waals surface area contributed by atoms with E-state index in [1.807, 2.05) is 0 Å². The number of nitrogens with zero attached hydrogens (tertiary/aromatic N) is 3. The van der Waals surface area contributed by atoms with E-state index >= 15 is 0 Å². The second-order valence-corrected chi connectivity index (χ2v) is 5.16. The molecule has 0 aliphatic rings. The van der Waals surface area contributed by atoms with E-state index in [9.17, 15) is 37.6 Å². The molecule has 1 atom stereocenters. The first-order valence-electron chi connectivity index (χ1n) is 7.05. The van der Waals surface area contributed by atoms with Crippen molar-refractivity contribution in [3.8, 4) is 5.75 Å². The van der Waals surface area contributed by atoms with Crippen LogP contribution in [0.5, 0.6) is 5.75 Å². The molecule has 0 aliphatic heterocycles. The molecule has 26 heavy (non-hydrogen) atoms. The Balaban J connectivity index is 2.26. The summed E-state index contributed by atoms with van der Waals surface area (Å²) < 4.78 is 51.8. The maximum atomic E-state index is 13.0. The Morgan fingerprint density at radius 2 is 1.92 bits per heavy atom. The molecule has 8 nitrogen and oxygen atoms in total. The van der Waals surface area contributed by atoms with Crippen LogP contribution in [0.15, 0.2) is 24.3 Å². The Bertz CT molecular complexity index is 840. The van der Waals surface area contributed by atoms with Crippen LogP contribution in [-0.4, -0.2) is 25.7 Å². The number of rotatable bonds is 6. The number of hydrogen-bond acceptors (Lipinski definition) is 5. The topological polar surface area (TPSA) is 110 Å². The van der Waals surface area contributed by atoms with E-state index in [2.05, 4.69) is 10.4 Å². The fraction of sp³-hybridized carbons (Fsp3) is 0.286. The molecule has 0 bridgehead atoms. The summed E-state index contributed by atoms with van der Waals surface area (Å²) in [5.74, 6) is -1.57. The first-order valence-corrected chi connectivity index (χ1v) is 7.05. The number of nitro benzene ring substituents is 1. The van der Waals surface area contributed by atoms with Gasteiger partial charge in [-0.3, -0.25) is 19.6 Å². The largest absolute Gasteiger partial charge is 0.506 e. The fourth-order valence-corrected chi connectivity index (χ4v) is 2.10. The van der Waals surface area contributed by atoms with Gasteiger partial charge >= 0.3 is 0 Å². The van der Waals surface area contributed by atoms with Gasteiger partial charge in [0.2, 0.25) is 5.91 Å². The third-order valence-electron chi connectivity index (χ3n) is 3.43. The molecule has 2 aromatic rings. The van der Waals surface area contributed by atoms with Crippen LogP contribution >= 0.6 is 0 Å². The number of halogens is 4. The van der Waals surface area contributed by atoms with Crippen molar-refractivity contribution in [2.75, 3.05) is 5.32 Å². The van der Waals surface area contributed by atoms with Crippen LogP contribution in [0, 0.1) is 10.1 Å². The maximum Gasteiger partial charge on any atom is 0.282 e. The SMILES string of the molecule is CC(C(=O)Nc1ccc([N+](=O)[O-])cc1O)n1nc(C(F)F)cc1C(F)F. The number of benzene rings is 1. The van der Waals surface area contributed by atoms with Gasteiger partial charge in [0.15, 0.2) is 0 Å². The average molecular weight is 376 g/mol. The van der Waals surface area contributed by atoms with Crippen molar-refractivity contribution < 1.29 is 32.4 Å². The lowest BCUT2D eigenvalue weighted by atomic mass is 10.2. The zero-order valence-electron chi connectivity index (χ0n) is 13.1. The molecule has 0 spiro atoms. The fourth-order valence-electron chi connectivity index (χ4n) is 2.10. The molecule has 140 valence electrons. The number of carbonyl (C=O) groups is 1. The molecule has 1 amide bonds. The zero-order valence-corrected chi connectivity index (χ0v) is 13.1. The number of amides is 1. The molecule has 2 N–H and O–H groups in total. The highest BCUT2D eigenvalue weighted by Gasteiger charge is 2.27. The molecule has 0 saturated carbocycles. The first kappa shape index (κ1) is 19.1. The molecular weight excluding hydrogens is 364 g/mol. The lowest BCUT2D eigenvalue weighted by Crippen LogP contribution is -2.26.